The Morgan fingerprint density at radius 2 is 0.947 bits per heavy atom. The molecule has 0 rings (SSSR count). The maximum absolute atomic E-state index is 12.2. The van der Waals surface area contributed by atoms with E-state index in [0.29, 0.717) is 38.6 Å². The van der Waals surface area contributed by atoms with Crippen molar-refractivity contribution in [1.29, 1.82) is 0 Å². The highest BCUT2D eigenvalue weighted by Crippen LogP contribution is 2.13. The largest absolute Gasteiger partial charge is 0.481 e. The summed E-state index contributed by atoms with van der Waals surface area (Å²) in [4.78, 5) is 80.5. The fraction of sp³-hybridized carbons (Fsp3) is 0.821. The molecule has 0 heterocycles. The first-order valence-corrected chi connectivity index (χ1v) is 20.6. The van der Waals surface area contributed by atoms with Gasteiger partial charge in [0.15, 0.2) is 0 Å². The number of ether oxygens (including phenoxy) is 4. The maximum atomic E-state index is 12.2. The van der Waals surface area contributed by atoms with E-state index in [1.54, 1.807) is 0 Å². The van der Waals surface area contributed by atoms with Gasteiger partial charge in [-0.1, -0.05) is 64.2 Å². The van der Waals surface area contributed by atoms with Gasteiger partial charge in [0.25, 0.3) is 0 Å². The number of carboxylic acid groups (broad SMARTS) is 2. The van der Waals surface area contributed by atoms with Crippen LogP contribution in [0.15, 0.2) is 0 Å². The molecule has 0 aliphatic carbocycles. The molecule has 0 unspecified atom stereocenters. The van der Waals surface area contributed by atoms with Crippen LogP contribution in [0.2, 0.25) is 0 Å². The average molecular weight is 818 g/mol. The summed E-state index contributed by atoms with van der Waals surface area (Å²) in [6, 6.07) is -1.74. The van der Waals surface area contributed by atoms with Crippen molar-refractivity contribution in [2.24, 2.45) is 5.73 Å². The van der Waals surface area contributed by atoms with Crippen molar-refractivity contribution in [2.45, 2.75) is 134 Å². The molecule has 0 saturated heterocycles. The molecule has 18 nitrogen and oxygen atoms in total. The van der Waals surface area contributed by atoms with Crippen LogP contribution >= 0.6 is 0 Å². The average Bonchev–Trinajstić information content (AvgIpc) is 3.17. The van der Waals surface area contributed by atoms with Crippen LogP contribution in [0, 0.1) is 0 Å². The van der Waals surface area contributed by atoms with Crippen LogP contribution in [-0.4, -0.2) is 137 Å². The zero-order chi connectivity index (χ0) is 42.2. The highest BCUT2D eigenvalue weighted by Gasteiger charge is 2.21. The van der Waals surface area contributed by atoms with E-state index >= 15 is 0 Å². The van der Waals surface area contributed by atoms with Crippen LogP contribution in [0.1, 0.15) is 122 Å². The molecule has 0 saturated carbocycles. The van der Waals surface area contributed by atoms with Crippen molar-refractivity contribution in [3.05, 3.63) is 0 Å². The third-order valence-corrected chi connectivity index (χ3v) is 8.65. The molecule has 0 fully saturated rings. The Morgan fingerprint density at radius 1 is 0.491 bits per heavy atom. The van der Waals surface area contributed by atoms with Crippen molar-refractivity contribution in [3.8, 4) is 0 Å². The van der Waals surface area contributed by atoms with Crippen molar-refractivity contribution in [1.82, 2.24) is 21.3 Å². The summed E-state index contributed by atoms with van der Waals surface area (Å²) < 4.78 is 21.2. The number of hydrogen-bond donors (Lipinski definition) is 7. The predicted octanol–water partition coefficient (Wildman–Crippen LogP) is 1.99. The second-order valence-electron chi connectivity index (χ2n) is 13.8. The molecule has 0 bridgehead atoms. The fourth-order valence-electron chi connectivity index (χ4n) is 5.42. The fourth-order valence-corrected chi connectivity index (χ4v) is 5.42. The van der Waals surface area contributed by atoms with Crippen molar-refractivity contribution >= 4 is 41.9 Å². The van der Waals surface area contributed by atoms with Gasteiger partial charge in [-0.2, -0.15) is 0 Å². The van der Waals surface area contributed by atoms with Gasteiger partial charge in [0.1, 0.15) is 25.5 Å². The second-order valence-corrected chi connectivity index (χ2v) is 13.8. The van der Waals surface area contributed by atoms with Gasteiger partial charge in [-0.05, 0) is 38.5 Å². The maximum Gasteiger partial charge on any atom is 0.326 e. The van der Waals surface area contributed by atoms with Gasteiger partial charge >= 0.3 is 11.9 Å². The monoisotopic (exact) mass is 818 g/mol. The van der Waals surface area contributed by atoms with Crippen molar-refractivity contribution < 1.29 is 62.7 Å². The molecule has 0 aliphatic heterocycles. The SMILES string of the molecule is N[C@H](C=O)CCCCNC(=O)COCCOCCNC(=O)CC[C@H](NC(=O)COCCOCCNC(=O)CCCCCCCCCCCCCCC(=O)O)C(=O)O. The number of unbranched alkanes of at least 4 members (excludes halogenated alkanes) is 12. The summed E-state index contributed by atoms with van der Waals surface area (Å²) in [5.41, 5.74) is 5.50. The molecule has 0 aliphatic rings. The summed E-state index contributed by atoms with van der Waals surface area (Å²) in [7, 11) is 0. The summed E-state index contributed by atoms with van der Waals surface area (Å²) in [5.74, 6) is -3.32. The third kappa shape index (κ3) is 38.9. The second kappa shape index (κ2) is 39.1. The van der Waals surface area contributed by atoms with Crippen molar-refractivity contribution in [3.63, 3.8) is 0 Å². The lowest BCUT2D eigenvalue weighted by Gasteiger charge is -2.14. The standard InChI is InChI=1S/C39H71N5O13/c40-32(29-45)15-13-14-20-41-36(48)30-56-27-25-55-24-22-43-35(47)19-18-33(39(52)53)44-37(49)31-57-28-26-54-23-21-42-34(46)16-11-9-7-5-3-1-2-4-6-8-10-12-17-38(50)51/h29,32-33H,1-28,30-31,40H2,(H,41,48)(H,42,46)(H,43,47)(H,44,49)(H,50,51)(H,52,53)/t32-,33-/m0/s1. The van der Waals surface area contributed by atoms with E-state index in [0.717, 1.165) is 44.9 Å². The van der Waals surface area contributed by atoms with Gasteiger partial charge in [-0.3, -0.25) is 24.0 Å². The van der Waals surface area contributed by atoms with E-state index in [9.17, 15) is 38.7 Å². The molecule has 0 aromatic heterocycles. The summed E-state index contributed by atoms with van der Waals surface area (Å²) in [6.45, 7) is 1.66. The molecule has 0 aromatic carbocycles. The van der Waals surface area contributed by atoms with Crippen LogP contribution in [0.5, 0.6) is 0 Å². The quantitative estimate of drug-likeness (QED) is 0.0343. The molecule has 2 atom stereocenters. The molecule has 18 heteroatoms. The number of carbonyl (C=O) groups is 7. The minimum atomic E-state index is -1.28. The molecule has 8 N–H and O–H groups in total. The number of hydrogen-bond acceptors (Lipinski definition) is 12. The minimum absolute atomic E-state index is 0.0181. The Morgan fingerprint density at radius 3 is 1.46 bits per heavy atom. The lowest BCUT2D eigenvalue weighted by Crippen LogP contribution is -2.43. The van der Waals surface area contributed by atoms with Crippen LogP contribution in [0.3, 0.4) is 0 Å². The first-order valence-electron chi connectivity index (χ1n) is 20.6. The van der Waals surface area contributed by atoms with E-state index in [1.165, 1.54) is 38.5 Å². The number of amides is 4. The number of aldehydes is 1. The predicted molar refractivity (Wildman–Crippen MR) is 211 cm³/mol. The Balaban J connectivity index is 3.67. The van der Waals surface area contributed by atoms with E-state index < -0.39 is 35.8 Å². The van der Waals surface area contributed by atoms with Crippen LogP contribution < -0.4 is 27.0 Å². The first kappa shape index (κ1) is 53.3. The number of rotatable bonds is 42. The van der Waals surface area contributed by atoms with Crippen molar-refractivity contribution in [2.75, 3.05) is 72.5 Å². The Bertz CT molecular complexity index is 1100. The van der Waals surface area contributed by atoms with Gasteiger partial charge in [0.2, 0.25) is 23.6 Å². The molecule has 330 valence electrons. The van der Waals surface area contributed by atoms with Gasteiger partial charge in [-0.15, -0.1) is 0 Å². The minimum Gasteiger partial charge on any atom is -0.481 e. The number of aliphatic carboxylic acids is 2. The molecule has 4 amide bonds. The topological polar surface area (TPSA) is 271 Å². The number of carbonyl (C=O) groups excluding carboxylic acids is 5. The van der Waals surface area contributed by atoms with Crippen LogP contribution in [0.4, 0.5) is 0 Å². The van der Waals surface area contributed by atoms with Gasteiger partial charge in [-0.25, -0.2) is 4.79 Å². The molecule has 57 heavy (non-hydrogen) atoms. The normalized spacial score (nSPS) is 12.0. The Hall–Kier alpha value is -3.71. The van der Waals surface area contributed by atoms with E-state index in [4.69, 9.17) is 29.8 Å². The highest BCUT2D eigenvalue weighted by atomic mass is 16.5. The summed E-state index contributed by atoms with van der Waals surface area (Å²) in [6.07, 6.45) is 16.3. The van der Waals surface area contributed by atoms with Crippen LogP contribution in [0.25, 0.3) is 0 Å². The van der Waals surface area contributed by atoms with Gasteiger partial charge in [0.05, 0.1) is 45.7 Å². The molecular formula is C39H71N5O13. The molecular weight excluding hydrogens is 746 g/mol. The molecule has 0 aromatic rings. The first-order chi connectivity index (χ1) is 27.5. The zero-order valence-corrected chi connectivity index (χ0v) is 33.9. The summed E-state index contributed by atoms with van der Waals surface area (Å²) >= 11 is 0. The number of nitrogens with two attached hydrogens (primary N) is 1. The third-order valence-electron chi connectivity index (χ3n) is 8.65. The van der Waals surface area contributed by atoms with E-state index in [2.05, 4.69) is 21.3 Å². The number of nitrogens with one attached hydrogen (secondary N) is 4. The van der Waals surface area contributed by atoms with Gasteiger partial charge in [0, 0.05) is 38.9 Å². The zero-order valence-electron chi connectivity index (χ0n) is 33.9. The smallest absolute Gasteiger partial charge is 0.326 e. The van der Waals surface area contributed by atoms with Gasteiger partial charge < -0.3 is 61.0 Å². The highest BCUT2D eigenvalue weighted by molar-refractivity contribution is 5.85. The Kier molecular flexibility index (Phi) is 36.6. The number of carboxylic acids is 2. The van der Waals surface area contributed by atoms with E-state index in [-0.39, 0.29) is 90.5 Å². The molecule has 0 radical (unpaired) electrons. The lowest BCUT2D eigenvalue weighted by molar-refractivity contribution is -0.143. The van der Waals surface area contributed by atoms with E-state index in [1.807, 2.05) is 0 Å². The summed E-state index contributed by atoms with van der Waals surface area (Å²) in [5, 5.41) is 28.5. The lowest BCUT2D eigenvalue weighted by atomic mass is 10.0. The molecule has 0 spiro atoms. The Labute approximate surface area is 337 Å². The van der Waals surface area contributed by atoms with Crippen LogP contribution in [-0.2, 0) is 52.5 Å².